The highest BCUT2D eigenvalue weighted by atomic mass is 32.1. The molecule has 0 aromatic carbocycles. The number of aliphatic hydroxyl groups excluding tert-OH is 2. The molecule has 0 saturated heterocycles. The maximum Gasteiger partial charge on any atom is 0.328 e. The number of aromatic nitrogens is 2. The van der Waals surface area contributed by atoms with Crippen molar-refractivity contribution < 1.29 is 34.5 Å². The number of H-pyrrole nitrogens is 1. The minimum absolute atomic E-state index is 0.116. The van der Waals surface area contributed by atoms with Gasteiger partial charge in [0, 0.05) is 24.1 Å². The van der Waals surface area contributed by atoms with Crippen LogP contribution in [-0.4, -0.2) is 92.1 Å². The van der Waals surface area contributed by atoms with E-state index in [4.69, 9.17) is 15.9 Å². The zero-order chi connectivity index (χ0) is 22.0. The summed E-state index contributed by atoms with van der Waals surface area (Å²) in [5.74, 6) is -4.20. The molecule has 9 N–H and O–H groups in total. The molecule has 13 nitrogen and oxygen atoms in total. The number of carboxylic acids is 1. The van der Waals surface area contributed by atoms with E-state index in [2.05, 4.69) is 33.2 Å². The van der Waals surface area contributed by atoms with E-state index in [1.54, 1.807) is 0 Å². The SMILES string of the molecule is NC(Cc1cnc[nH]1)C(=O)NC(CO)C(=O)NC(CS)C(=O)NC(CO)C(=O)O. The Morgan fingerprint density at radius 1 is 1.03 bits per heavy atom. The first kappa shape index (κ1) is 24.4. The third-order valence-electron chi connectivity index (χ3n) is 3.76. The molecule has 0 radical (unpaired) electrons. The Balaban J connectivity index is 2.66. The molecule has 0 spiro atoms. The van der Waals surface area contributed by atoms with Crippen LogP contribution in [0.3, 0.4) is 0 Å². The van der Waals surface area contributed by atoms with Crippen LogP contribution in [-0.2, 0) is 25.6 Å². The number of carbonyl (C=O) groups is 4. The lowest BCUT2D eigenvalue weighted by atomic mass is 10.1. The van der Waals surface area contributed by atoms with Crippen molar-refractivity contribution in [3.05, 3.63) is 18.2 Å². The number of hydrogen-bond donors (Lipinski definition) is 9. The summed E-state index contributed by atoms with van der Waals surface area (Å²) in [6.07, 6.45) is 3.01. The largest absolute Gasteiger partial charge is 0.480 e. The van der Waals surface area contributed by atoms with E-state index in [1.165, 1.54) is 12.5 Å². The second kappa shape index (κ2) is 12.0. The molecule has 0 fully saturated rings. The molecule has 1 rings (SSSR count). The number of hydrogen-bond acceptors (Lipinski definition) is 9. The van der Waals surface area contributed by atoms with Crippen LogP contribution in [0.1, 0.15) is 5.69 Å². The van der Waals surface area contributed by atoms with Gasteiger partial charge >= 0.3 is 5.97 Å². The molecule has 0 aliphatic rings. The Morgan fingerprint density at radius 2 is 1.59 bits per heavy atom. The fourth-order valence-electron chi connectivity index (χ4n) is 2.12. The van der Waals surface area contributed by atoms with Crippen LogP contribution in [0.5, 0.6) is 0 Å². The van der Waals surface area contributed by atoms with Crippen LogP contribution >= 0.6 is 12.6 Å². The highest BCUT2D eigenvalue weighted by Gasteiger charge is 2.29. The van der Waals surface area contributed by atoms with E-state index < -0.39 is 61.1 Å². The first-order valence-corrected chi connectivity index (χ1v) is 9.06. The average Bonchev–Trinajstić information content (AvgIpc) is 3.20. The second-order valence-corrected chi connectivity index (χ2v) is 6.32. The van der Waals surface area contributed by atoms with Crippen molar-refractivity contribution >= 4 is 36.3 Å². The first-order chi connectivity index (χ1) is 13.7. The van der Waals surface area contributed by atoms with Crippen LogP contribution in [0.4, 0.5) is 0 Å². The number of nitrogens with zero attached hydrogens (tertiary/aromatic N) is 1. The van der Waals surface area contributed by atoms with Gasteiger partial charge in [-0.3, -0.25) is 14.4 Å². The number of nitrogens with two attached hydrogens (primary N) is 1. The minimum atomic E-state index is -1.56. The molecule has 1 aromatic heterocycles. The smallest absolute Gasteiger partial charge is 0.328 e. The van der Waals surface area contributed by atoms with Crippen molar-refractivity contribution in [2.75, 3.05) is 19.0 Å². The number of carbonyl (C=O) groups excluding carboxylic acids is 3. The Kier molecular flexibility index (Phi) is 10.1. The lowest BCUT2D eigenvalue weighted by Crippen LogP contribution is -2.59. The summed E-state index contributed by atoms with van der Waals surface area (Å²) in [6.45, 7) is -1.62. The van der Waals surface area contributed by atoms with E-state index in [1.807, 2.05) is 5.32 Å². The van der Waals surface area contributed by atoms with Crippen molar-refractivity contribution in [2.24, 2.45) is 5.73 Å². The second-order valence-electron chi connectivity index (χ2n) is 5.96. The monoisotopic (exact) mass is 432 g/mol. The quantitative estimate of drug-likeness (QED) is 0.146. The number of nitrogens with one attached hydrogen (secondary N) is 4. The number of aliphatic carboxylic acids is 1. The van der Waals surface area contributed by atoms with Gasteiger partial charge in [-0.1, -0.05) is 0 Å². The van der Waals surface area contributed by atoms with Gasteiger partial charge in [-0.2, -0.15) is 12.6 Å². The number of imidazole rings is 1. The maximum absolute atomic E-state index is 12.3. The lowest BCUT2D eigenvalue weighted by molar-refractivity contribution is -0.143. The summed E-state index contributed by atoms with van der Waals surface area (Å²) in [4.78, 5) is 53.9. The number of aliphatic hydroxyl groups is 2. The molecular weight excluding hydrogens is 408 g/mol. The normalized spacial score (nSPS) is 14.9. The lowest BCUT2D eigenvalue weighted by Gasteiger charge is -2.23. The van der Waals surface area contributed by atoms with Crippen LogP contribution in [0, 0.1) is 0 Å². The summed E-state index contributed by atoms with van der Waals surface area (Å²) in [5, 5.41) is 33.7. The maximum atomic E-state index is 12.3. The first-order valence-electron chi connectivity index (χ1n) is 8.42. The molecule has 0 saturated carbocycles. The number of rotatable bonds is 12. The van der Waals surface area contributed by atoms with Crippen LogP contribution in [0.25, 0.3) is 0 Å². The number of amides is 3. The Labute approximate surface area is 170 Å². The van der Waals surface area contributed by atoms with Crippen molar-refractivity contribution in [2.45, 2.75) is 30.6 Å². The predicted octanol–water partition coefficient (Wildman–Crippen LogP) is -4.27. The summed E-state index contributed by atoms with van der Waals surface area (Å²) < 4.78 is 0. The van der Waals surface area contributed by atoms with E-state index in [-0.39, 0.29) is 12.2 Å². The van der Waals surface area contributed by atoms with E-state index in [0.29, 0.717) is 5.69 Å². The zero-order valence-electron chi connectivity index (χ0n) is 15.2. The molecule has 1 aromatic rings. The third-order valence-corrected chi connectivity index (χ3v) is 4.12. The summed E-state index contributed by atoms with van der Waals surface area (Å²) >= 11 is 3.92. The fourth-order valence-corrected chi connectivity index (χ4v) is 2.38. The fraction of sp³-hybridized carbons (Fsp3) is 0.533. The number of aromatic amines is 1. The Morgan fingerprint density at radius 3 is 2.07 bits per heavy atom. The molecule has 29 heavy (non-hydrogen) atoms. The van der Waals surface area contributed by atoms with E-state index in [0.717, 1.165) is 0 Å². The molecule has 4 unspecified atom stereocenters. The molecule has 0 aliphatic heterocycles. The Bertz CT molecular complexity index is 701. The van der Waals surface area contributed by atoms with Gasteiger partial charge in [0.25, 0.3) is 0 Å². The van der Waals surface area contributed by atoms with Gasteiger partial charge < -0.3 is 42.0 Å². The average molecular weight is 432 g/mol. The molecule has 0 bridgehead atoms. The van der Waals surface area contributed by atoms with Crippen LogP contribution in [0.2, 0.25) is 0 Å². The number of carboxylic acid groups (broad SMARTS) is 1. The van der Waals surface area contributed by atoms with Gasteiger partial charge in [0.1, 0.15) is 18.1 Å². The highest BCUT2D eigenvalue weighted by Crippen LogP contribution is 1.98. The van der Waals surface area contributed by atoms with Crippen molar-refractivity contribution in [1.82, 2.24) is 25.9 Å². The zero-order valence-corrected chi connectivity index (χ0v) is 16.1. The molecular formula is C15H24N6O7S. The molecule has 14 heteroatoms. The van der Waals surface area contributed by atoms with Crippen molar-refractivity contribution in [1.29, 1.82) is 0 Å². The summed E-state index contributed by atoms with van der Waals surface area (Å²) in [5.41, 5.74) is 6.36. The van der Waals surface area contributed by atoms with Gasteiger partial charge in [-0.05, 0) is 0 Å². The van der Waals surface area contributed by atoms with Crippen molar-refractivity contribution in [3.8, 4) is 0 Å². The molecule has 1 heterocycles. The Hall–Kier alpha value is -2.68. The summed E-state index contributed by atoms with van der Waals surface area (Å²) in [6, 6.07) is -5.26. The van der Waals surface area contributed by atoms with Gasteiger partial charge in [0.15, 0.2) is 0 Å². The van der Waals surface area contributed by atoms with Gasteiger partial charge in [0.2, 0.25) is 17.7 Å². The van der Waals surface area contributed by atoms with E-state index in [9.17, 15) is 24.3 Å². The summed E-state index contributed by atoms with van der Waals surface area (Å²) in [7, 11) is 0. The standard InChI is InChI=1S/C15H24N6O7S/c16-8(1-7-2-17-6-18-7)12(24)19-9(3-22)13(25)21-11(5-29)14(26)20-10(4-23)15(27)28/h2,6,8-11,22-23,29H,1,3-5,16H2,(H,17,18)(H,19,24)(H,20,26)(H,21,25)(H,27,28). The minimum Gasteiger partial charge on any atom is -0.480 e. The van der Waals surface area contributed by atoms with Gasteiger partial charge in [0.05, 0.1) is 25.6 Å². The van der Waals surface area contributed by atoms with Crippen molar-refractivity contribution in [3.63, 3.8) is 0 Å². The molecule has 4 atom stereocenters. The highest BCUT2D eigenvalue weighted by molar-refractivity contribution is 7.80. The third kappa shape index (κ3) is 7.69. The molecule has 162 valence electrons. The molecule has 0 aliphatic carbocycles. The van der Waals surface area contributed by atoms with Crippen LogP contribution in [0.15, 0.2) is 12.5 Å². The van der Waals surface area contributed by atoms with Gasteiger partial charge in [-0.15, -0.1) is 0 Å². The van der Waals surface area contributed by atoms with Gasteiger partial charge in [-0.25, -0.2) is 9.78 Å². The van der Waals surface area contributed by atoms with E-state index >= 15 is 0 Å². The van der Waals surface area contributed by atoms with Crippen LogP contribution < -0.4 is 21.7 Å². The molecule has 3 amide bonds. The number of thiol groups is 1. The predicted molar refractivity (Wildman–Crippen MR) is 102 cm³/mol. The topological polar surface area (TPSA) is 220 Å².